The van der Waals surface area contributed by atoms with Crippen molar-refractivity contribution >= 4 is 148 Å². The first-order valence-electron chi connectivity index (χ1n) is 18.5. The second-order valence-corrected chi connectivity index (χ2v) is 28.5. The number of hydrogen-bond acceptors (Lipinski definition) is 0. The Morgan fingerprint density at radius 1 is 0.186 bits per heavy atom. The van der Waals surface area contributed by atoms with Crippen molar-refractivity contribution in [1.82, 2.24) is 0 Å². The number of rotatable bonds is 10. The second-order valence-electron chi connectivity index (χ2n) is 14.6. The molecule has 0 amide bonds. The molecular weight excluding hydrogens is 934 g/mol. The van der Waals surface area contributed by atoms with Gasteiger partial charge in [-0.3, -0.25) is 0 Å². The van der Waals surface area contributed by atoms with Gasteiger partial charge in [0.25, 0.3) is 0 Å². The molecule has 8 aromatic rings. The molecule has 0 spiro atoms. The second kappa shape index (κ2) is 16.7. The van der Waals surface area contributed by atoms with E-state index >= 15 is 0 Å². The molecule has 0 nitrogen and oxygen atoms in total. The molecule has 0 radical (unpaired) electrons. The van der Waals surface area contributed by atoms with Crippen LogP contribution in [-0.2, 0) is 0 Å². The molecule has 0 saturated carbocycles. The topological polar surface area (TPSA) is 0 Å². The summed E-state index contributed by atoms with van der Waals surface area (Å²) in [6.45, 7) is -8.63. The van der Waals surface area contributed by atoms with E-state index in [1.807, 2.05) is 97.1 Å². The summed E-state index contributed by atoms with van der Waals surface area (Å²) in [5.74, 6) is 0.496. The van der Waals surface area contributed by atoms with Gasteiger partial charge in [-0.2, -0.15) is 0 Å². The van der Waals surface area contributed by atoms with Gasteiger partial charge in [-0.1, -0.05) is 0 Å². The van der Waals surface area contributed by atoms with Gasteiger partial charge in [-0.15, -0.1) is 0 Å². The van der Waals surface area contributed by atoms with Gasteiger partial charge in [0.2, 0.25) is 0 Å². The minimum atomic E-state index is -4.31. The Kier molecular flexibility index (Phi) is 12.0. The number of hydrogen-bond donors (Lipinski definition) is 0. The Labute approximate surface area is 385 Å². The third-order valence-corrected chi connectivity index (χ3v) is 29.8. The van der Waals surface area contributed by atoms with Crippen molar-refractivity contribution in [3.05, 3.63) is 234 Å². The maximum atomic E-state index is 6.83. The summed E-state index contributed by atoms with van der Waals surface area (Å²) in [7, 11) is 0. The van der Waals surface area contributed by atoms with E-state index in [-0.39, 0.29) is 0 Å². The Bertz CT molecular complexity index is 2160. The molecule has 0 aliphatic carbocycles. The van der Waals surface area contributed by atoms with Crippen LogP contribution in [0.25, 0.3) is 0 Å². The third kappa shape index (κ3) is 6.94. The zero-order chi connectivity index (χ0) is 41.5. The van der Waals surface area contributed by atoms with Crippen LogP contribution in [0.1, 0.15) is 0 Å². The standard InChI is InChI=1S/C49H34Cl8P2/c50-34-1-17-42(18-2-34)58(43-19-3-35(51)4-20-43,44-21-5-36(52)6-22-44,45-23-7-37(53)8-24-45)33-59(46-25-9-38(54)10-26-46,47-27-11-39(55)12-28-47,48-29-13-40(56)14-30-48)49-31-15-41(57)16-32-49/h1-32H,33H2. The van der Waals surface area contributed by atoms with Gasteiger partial charge in [0.15, 0.2) is 0 Å². The van der Waals surface area contributed by atoms with Crippen LogP contribution in [0.15, 0.2) is 194 Å². The Hall–Kier alpha value is -3.06. The van der Waals surface area contributed by atoms with Crippen molar-refractivity contribution in [3.63, 3.8) is 0 Å². The molecule has 0 N–H and O–H groups in total. The van der Waals surface area contributed by atoms with Crippen LogP contribution in [0, 0.1) is 0 Å². The van der Waals surface area contributed by atoms with Crippen molar-refractivity contribution in [2.24, 2.45) is 0 Å². The van der Waals surface area contributed by atoms with Crippen LogP contribution >= 0.6 is 106 Å². The molecule has 8 aromatic carbocycles. The molecule has 8 rings (SSSR count). The first-order valence-corrected chi connectivity index (χ1v) is 26.4. The van der Waals surface area contributed by atoms with Gasteiger partial charge in [-0.25, -0.2) is 0 Å². The SMILES string of the molecule is Clc1ccc(P(CP(c2ccc(Cl)cc2)(c2ccc(Cl)cc2)(c2ccc(Cl)cc2)c2ccc(Cl)cc2)(c2ccc(Cl)cc2)(c2ccc(Cl)cc2)c2ccc(Cl)cc2)cc1. The van der Waals surface area contributed by atoms with Crippen molar-refractivity contribution in [3.8, 4) is 0 Å². The van der Waals surface area contributed by atoms with Gasteiger partial charge in [0.05, 0.1) is 0 Å². The number of benzene rings is 8. The van der Waals surface area contributed by atoms with Crippen molar-refractivity contribution < 1.29 is 0 Å². The summed E-state index contributed by atoms with van der Waals surface area (Å²) in [5.41, 5.74) is 0. The predicted octanol–water partition coefficient (Wildman–Crippen LogP) is 13.9. The molecule has 296 valence electrons. The van der Waals surface area contributed by atoms with E-state index in [4.69, 9.17) is 92.8 Å². The third-order valence-electron chi connectivity index (χ3n) is 11.7. The fourth-order valence-corrected chi connectivity index (χ4v) is 30.0. The molecule has 0 atom stereocenters. The summed E-state index contributed by atoms with van der Waals surface area (Å²) >= 11 is 54.6. The molecule has 0 saturated heterocycles. The number of halogens is 8. The molecule has 0 aromatic heterocycles. The van der Waals surface area contributed by atoms with Gasteiger partial charge in [-0.05, 0) is 0 Å². The Morgan fingerprint density at radius 2 is 0.288 bits per heavy atom. The molecule has 0 aliphatic rings. The average molecular weight is 968 g/mol. The van der Waals surface area contributed by atoms with E-state index < -0.39 is 13.2 Å². The van der Waals surface area contributed by atoms with E-state index in [1.54, 1.807) is 0 Å². The normalized spacial score (nSPS) is 13.2. The Balaban J connectivity index is 1.78. The Morgan fingerprint density at radius 3 is 0.390 bits per heavy atom. The maximum absolute atomic E-state index is 6.83. The summed E-state index contributed by atoms with van der Waals surface area (Å²) in [6, 6.07) is 66.5. The van der Waals surface area contributed by atoms with Crippen molar-refractivity contribution in [2.45, 2.75) is 0 Å². The fraction of sp³-hybridized carbons (Fsp3) is 0.0204. The van der Waals surface area contributed by atoms with Crippen LogP contribution in [0.5, 0.6) is 0 Å². The molecule has 0 fully saturated rings. The molecule has 59 heavy (non-hydrogen) atoms. The molecular formula is C49H34Cl8P2. The first-order chi connectivity index (χ1) is 28.4. The van der Waals surface area contributed by atoms with E-state index in [1.165, 1.54) is 0 Å². The minimum absolute atomic E-state index is 0.496. The quantitative estimate of drug-likeness (QED) is 0.120. The monoisotopic (exact) mass is 964 g/mol. The van der Waals surface area contributed by atoms with Gasteiger partial charge in [0, 0.05) is 0 Å². The average Bonchev–Trinajstić information content (AvgIpc) is 3.24. The van der Waals surface area contributed by atoms with Crippen LogP contribution in [0.2, 0.25) is 40.2 Å². The van der Waals surface area contributed by atoms with Gasteiger partial charge in [0.1, 0.15) is 0 Å². The van der Waals surface area contributed by atoms with Crippen LogP contribution in [0.3, 0.4) is 0 Å². The summed E-state index contributed by atoms with van der Waals surface area (Å²) < 4.78 is 0. The van der Waals surface area contributed by atoms with Crippen molar-refractivity contribution in [2.75, 3.05) is 5.90 Å². The van der Waals surface area contributed by atoms with Gasteiger partial charge >= 0.3 is 389 Å². The van der Waals surface area contributed by atoms with E-state index in [0.29, 0.717) is 46.1 Å². The van der Waals surface area contributed by atoms with E-state index in [9.17, 15) is 0 Å². The summed E-state index contributed by atoms with van der Waals surface area (Å²) in [4.78, 5) is 0. The molecule has 0 heterocycles. The molecule has 0 bridgehead atoms. The van der Waals surface area contributed by atoms with Crippen LogP contribution < -0.4 is 42.4 Å². The predicted molar refractivity (Wildman–Crippen MR) is 267 cm³/mol. The van der Waals surface area contributed by atoms with Crippen LogP contribution in [0.4, 0.5) is 0 Å². The molecule has 0 unspecified atom stereocenters. The molecule has 0 aliphatic heterocycles. The first kappa shape index (κ1) is 42.6. The zero-order valence-electron chi connectivity index (χ0n) is 31.1. The van der Waals surface area contributed by atoms with E-state index in [2.05, 4.69) is 97.1 Å². The van der Waals surface area contributed by atoms with Crippen LogP contribution in [-0.4, -0.2) is 5.90 Å². The fourth-order valence-electron chi connectivity index (χ4n) is 9.17. The van der Waals surface area contributed by atoms with Gasteiger partial charge < -0.3 is 0 Å². The zero-order valence-corrected chi connectivity index (χ0v) is 38.9. The van der Waals surface area contributed by atoms with E-state index in [0.717, 1.165) is 42.4 Å². The van der Waals surface area contributed by atoms with Crippen molar-refractivity contribution in [1.29, 1.82) is 0 Å². The summed E-state index contributed by atoms with van der Waals surface area (Å²) in [5, 5.41) is 13.4. The molecule has 10 heteroatoms. The summed E-state index contributed by atoms with van der Waals surface area (Å²) in [6.07, 6.45) is 0.